The fourth-order valence-corrected chi connectivity index (χ4v) is 2.59. The van der Waals surface area contributed by atoms with Crippen LogP contribution in [0.1, 0.15) is 12.8 Å². The fourth-order valence-electron chi connectivity index (χ4n) is 2.59. The van der Waals surface area contributed by atoms with Crippen molar-refractivity contribution < 1.29 is 14.3 Å². The van der Waals surface area contributed by atoms with Gasteiger partial charge in [0.25, 0.3) is 0 Å². The zero-order valence-corrected chi connectivity index (χ0v) is 12.3. The average Bonchev–Trinajstić information content (AvgIpc) is 2.53. The number of nitrogens with one attached hydrogen (secondary N) is 2. The third-order valence-electron chi connectivity index (χ3n) is 3.88. The Morgan fingerprint density at radius 1 is 1.29 bits per heavy atom. The standard InChI is InChI=1S/C14H24N4O3/c19-10-1-11-21-12-17-6-8-18(9-7-17)14(20)16-13-2-4-15-5-3-13/h1,13,15H,2-9,11-12H2,(H,16,20). The molecule has 0 aromatic carbocycles. The Kier molecular flexibility index (Phi) is 6.69. The van der Waals surface area contributed by atoms with E-state index in [0.29, 0.717) is 32.5 Å². The highest BCUT2D eigenvalue weighted by Gasteiger charge is 2.23. The predicted molar refractivity (Wildman–Crippen MR) is 78.7 cm³/mol. The summed E-state index contributed by atoms with van der Waals surface area (Å²) in [4.78, 5) is 26.2. The summed E-state index contributed by atoms with van der Waals surface area (Å²) >= 11 is 0. The SMILES string of the molecule is O=C=CCOCN1CCN(C(=O)NC2CCNCC2)CC1. The first kappa shape index (κ1) is 16.0. The van der Waals surface area contributed by atoms with E-state index in [9.17, 15) is 9.59 Å². The van der Waals surface area contributed by atoms with Crippen molar-refractivity contribution in [3.8, 4) is 0 Å². The first-order valence-electron chi connectivity index (χ1n) is 7.55. The number of urea groups is 1. The van der Waals surface area contributed by atoms with Gasteiger partial charge >= 0.3 is 6.03 Å². The van der Waals surface area contributed by atoms with Crippen LogP contribution in [-0.4, -0.2) is 80.4 Å². The van der Waals surface area contributed by atoms with Gasteiger partial charge in [0.05, 0.1) is 13.3 Å². The second-order valence-electron chi connectivity index (χ2n) is 5.40. The first-order valence-corrected chi connectivity index (χ1v) is 7.55. The molecule has 0 aromatic heterocycles. The molecule has 0 spiro atoms. The van der Waals surface area contributed by atoms with Crippen LogP contribution in [0.15, 0.2) is 6.08 Å². The van der Waals surface area contributed by atoms with Crippen LogP contribution in [-0.2, 0) is 9.53 Å². The van der Waals surface area contributed by atoms with Gasteiger partial charge in [-0.2, -0.15) is 0 Å². The molecule has 0 bridgehead atoms. The van der Waals surface area contributed by atoms with E-state index in [1.165, 1.54) is 6.08 Å². The highest BCUT2D eigenvalue weighted by Crippen LogP contribution is 2.06. The first-order chi connectivity index (χ1) is 10.3. The Morgan fingerprint density at radius 2 is 2.00 bits per heavy atom. The molecule has 0 radical (unpaired) electrons. The molecule has 21 heavy (non-hydrogen) atoms. The zero-order chi connectivity index (χ0) is 14.9. The topological polar surface area (TPSA) is 73.9 Å². The van der Waals surface area contributed by atoms with Crippen LogP contribution in [0.2, 0.25) is 0 Å². The van der Waals surface area contributed by atoms with E-state index in [0.717, 1.165) is 39.0 Å². The van der Waals surface area contributed by atoms with E-state index in [1.54, 1.807) is 5.94 Å². The Labute approximate surface area is 125 Å². The molecule has 2 aliphatic rings. The van der Waals surface area contributed by atoms with E-state index in [4.69, 9.17) is 4.74 Å². The third kappa shape index (κ3) is 5.47. The van der Waals surface area contributed by atoms with E-state index < -0.39 is 0 Å². The minimum atomic E-state index is 0.0476. The Hall–Kier alpha value is -1.40. The Morgan fingerprint density at radius 3 is 2.67 bits per heavy atom. The number of hydrogen-bond donors (Lipinski definition) is 2. The van der Waals surface area contributed by atoms with Crippen molar-refractivity contribution in [1.29, 1.82) is 0 Å². The average molecular weight is 296 g/mol. The minimum Gasteiger partial charge on any atom is -0.361 e. The van der Waals surface area contributed by atoms with Crippen molar-refractivity contribution in [2.45, 2.75) is 18.9 Å². The van der Waals surface area contributed by atoms with Gasteiger partial charge in [0.1, 0.15) is 5.94 Å². The van der Waals surface area contributed by atoms with Crippen LogP contribution in [0.25, 0.3) is 0 Å². The number of rotatable bonds is 5. The van der Waals surface area contributed by atoms with Crippen LogP contribution in [0.5, 0.6) is 0 Å². The monoisotopic (exact) mass is 296 g/mol. The van der Waals surface area contributed by atoms with E-state index in [-0.39, 0.29) is 6.03 Å². The van der Waals surface area contributed by atoms with Crippen molar-refractivity contribution in [1.82, 2.24) is 20.4 Å². The lowest BCUT2D eigenvalue weighted by Gasteiger charge is -2.35. The lowest BCUT2D eigenvalue weighted by atomic mass is 10.1. The Balaban J connectivity index is 1.63. The number of piperazine rings is 1. The third-order valence-corrected chi connectivity index (χ3v) is 3.88. The maximum Gasteiger partial charge on any atom is 0.317 e. The van der Waals surface area contributed by atoms with Crippen molar-refractivity contribution in [3.05, 3.63) is 6.08 Å². The summed E-state index contributed by atoms with van der Waals surface area (Å²) in [5.74, 6) is 1.68. The fraction of sp³-hybridized carbons (Fsp3) is 0.786. The number of carbonyl (C=O) groups excluding carboxylic acids is 2. The van der Waals surface area contributed by atoms with Gasteiger partial charge in [0.15, 0.2) is 0 Å². The summed E-state index contributed by atoms with van der Waals surface area (Å²) in [6, 6.07) is 0.349. The Bertz CT molecular complexity index is 370. The van der Waals surface area contributed by atoms with Gasteiger partial charge in [-0.05, 0) is 25.9 Å². The van der Waals surface area contributed by atoms with Crippen LogP contribution in [0.4, 0.5) is 4.79 Å². The maximum atomic E-state index is 12.2. The quantitative estimate of drug-likeness (QED) is 0.525. The summed E-state index contributed by atoms with van der Waals surface area (Å²) in [7, 11) is 0. The number of piperidine rings is 1. The van der Waals surface area contributed by atoms with Gasteiger partial charge < -0.3 is 20.3 Å². The van der Waals surface area contributed by atoms with Gasteiger partial charge in [-0.25, -0.2) is 9.59 Å². The largest absolute Gasteiger partial charge is 0.361 e. The molecule has 2 amide bonds. The smallest absolute Gasteiger partial charge is 0.317 e. The number of nitrogens with zero attached hydrogens (tertiary/aromatic N) is 2. The molecule has 0 unspecified atom stereocenters. The molecule has 2 rings (SSSR count). The van der Waals surface area contributed by atoms with E-state index in [1.807, 2.05) is 4.90 Å². The van der Waals surface area contributed by atoms with E-state index >= 15 is 0 Å². The number of hydrogen-bond acceptors (Lipinski definition) is 5. The van der Waals surface area contributed by atoms with Gasteiger partial charge in [-0.15, -0.1) is 0 Å². The molecule has 0 saturated carbocycles. The molecule has 0 aliphatic carbocycles. The molecular weight excluding hydrogens is 272 g/mol. The van der Waals surface area contributed by atoms with Crippen molar-refractivity contribution >= 4 is 12.0 Å². The lowest BCUT2D eigenvalue weighted by molar-refractivity contribution is 0.0198. The van der Waals surface area contributed by atoms with Gasteiger partial charge in [-0.3, -0.25) is 4.90 Å². The minimum absolute atomic E-state index is 0.0476. The molecule has 0 aromatic rings. The molecule has 118 valence electrons. The normalized spacial score (nSPS) is 20.9. The van der Waals surface area contributed by atoms with Crippen LogP contribution >= 0.6 is 0 Å². The number of carbonyl (C=O) groups is 1. The van der Waals surface area contributed by atoms with Gasteiger partial charge in [0, 0.05) is 38.3 Å². The molecular formula is C14H24N4O3. The summed E-state index contributed by atoms with van der Waals surface area (Å²) in [6.07, 6.45) is 3.33. The molecule has 2 heterocycles. The number of ether oxygens (including phenoxy) is 1. The summed E-state index contributed by atoms with van der Waals surface area (Å²) < 4.78 is 5.31. The van der Waals surface area contributed by atoms with Crippen LogP contribution in [0, 0.1) is 0 Å². The van der Waals surface area contributed by atoms with Crippen molar-refractivity contribution in [3.63, 3.8) is 0 Å². The van der Waals surface area contributed by atoms with Crippen LogP contribution in [0.3, 0.4) is 0 Å². The summed E-state index contributed by atoms with van der Waals surface area (Å²) in [5.41, 5.74) is 0. The molecule has 2 saturated heterocycles. The molecule has 2 aliphatic heterocycles. The van der Waals surface area contributed by atoms with E-state index in [2.05, 4.69) is 15.5 Å². The maximum absolute atomic E-state index is 12.2. The van der Waals surface area contributed by atoms with Gasteiger partial charge in [-0.1, -0.05) is 0 Å². The molecule has 2 fully saturated rings. The molecule has 2 N–H and O–H groups in total. The highest BCUT2D eigenvalue weighted by molar-refractivity contribution is 5.74. The zero-order valence-electron chi connectivity index (χ0n) is 12.3. The lowest BCUT2D eigenvalue weighted by Crippen LogP contribution is -2.54. The second-order valence-corrected chi connectivity index (χ2v) is 5.40. The van der Waals surface area contributed by atoms with Crippen LogP contribution < -0.4 is 10.6 Å². The summed E-state index contributed by atoms with van der Waals surface area (Å²) in [6.45, 7) is 5.75. The molecule has 0 atom stereocenters. The van der Waals surface area contributed by atoms with Gasteiger partial charge in [0.2, 0.25) is 0 Å². The molecule has 7 nitrogen and oxygen atoms in total. The van der Waals surface area contributed by atoms with Crippen molar-refractivity contribution in [2.24, 2.45) is 0 Å². The number of amides is 2. The predicted octanol–water partition coefficient (Wildman–Crippen LogP) is -0.572. The second kappa shape index (κ2) is 8.79. The molecule has 7 heteroatoms. The summed E-state index contributed by atoms with van der Waals surface area (Å²) in [5, 5.41) is 6.40. The highest BCUT2D eigenvalue weighted by atomic mass is 16.5. The van der Waals surface area contributed by atoms with Crippen molar-refractivity contribution in [2.75, 3.05) is 52.6 Å².